The average molecular weight is 199 g/mol. The van der Waals surface area contributed by atoms with E-state index in [1.807, 2.05) is 13.8 Å². The van der Waals surface area contributed by atoms with E-state index in [0.717, 1.165) is 19.6 Å². The van der Waals surface area contributed by atoms with E-state index in [1.54, 1.807) is 0 Å². The van der Waals surface area contributed by atoms with E-state index in [4.69, 9.17) is 0 Å². The van der Waals surface area contributed by atoms with E-state index in [-0.39, 0.29) is 11.9 Å². The van der Waals surface area contributed by atoms with Crippen molar-refractivity contribution in [2.24, 2.45) is 0 Å². The summed E-state index contributed by atoms with van der Waals surface area (Å²) in [7, 11) is 2.08. The summed E-state index contributed by atoms with van der Waals surface area (Å²) >= 11 is 0. The number of nitrogens with zero attached hydrogens (tertiary/aromatic N) is 1. The number of nitrogens with one attached hydrogen (secondary N) is 2. The van der Waals surface area contributed by atoms with Gasteiger partial charge in [-0.15, -0.1) is 0 Å². The first-order valence-corrected chi connectivity index (χ1v) is 5.30. The van der Waals surface area contributed by atoms with Gasteiger partial charge in [0.25, 0.3) is 0 Å². The number of carbonyl (C=O) groups excluding carboxylic acids is 1. The molecule has 1 rings (SSSR count). The summed E-state index contributed by atoms with van der Waals surface area (Å²) < 4.78 is 0. The van der Waals surface area contributed by atoms with Crippen molar-refractivity contribution >= 4 is 5.91 Å². The smallest absolute Gasteiger partial charge is 0.221 e. The van der Waals surface area contributed by atoms with Crippen LogP contribution in [0, 0.1) is 0 Å². The first-order valence-electron chi connectivity index (χ1n) is 5.30. The maximum Gasteiger partial charge on any atom is 0.221 e. The number of likely N-dealkylation sites (N-methyl/N-ethyl adjacent to an activating group) is 1. The first kappa shape index (κ1) is 11.5. The zero-order chi connectivity index (χ0) is 10.6. The van der Waals surface area contributed by atoms with Crippen LogP contribution in [0.3, 0.4) is 0 Å². The van der Waals surface area contributed by atoms with Crippen LogP contribution in [-0.4, -0.2) is 49.6 Å². The fraction of sp³-hybridized carbons (Fsp3) is 0.900. The molecule has 1 aliphatic rings. The molecule has 4 nitrogen and oxygen atoms in total. The highest BCUT2D eigenvalue weighted by Crippen LogP contribution is 2.02. The van der Waals surface area contributed by atoms with Gasteiger partial charge in [0.15, 0.2) is 0 Å². The maximum atomic E-state index is 11.3. The quantitative estimate of drug-likeness (QED) is 0.645. The molecule has 4 heteroatoms. The predicted octanol–water partition coefficient (Wildman–Crippen LogP) is -0.195. The molecule has 0 aliphatic carbocycles. The number of hydrogen-bond acceptors (Lipinski definition) is 3. The zero-order valence-corrected chi connectivity index (χ0v) is 9.34. The van der Waals surface area contributed by atoms with E-state index in [1.165, 1.54) is 0 Å². The van der Waals surface area contributed by atoms with Crippen molar-refractivity contribution in [3.63, 3.8) is 0 Å². The Labute approximate surface area is 86.0 Å². The van der Waals surface area contributed by atoms with E-state index < -0.39 is 0 Å². The number of rotatable bonds is 5. The minimum atomic E-state index is 0.152. The van der Waals surface area contributed by atoms with Crippen molar-refractivity contribution in [3.05, 3.63) is 0 Å². The summed E-state index contributed by atoms with van der Waals surface area (Å²) in [6.07, 6.45) is 0.602. The number of amides is 1. The Hall–Kier alpha value is -0.610. The fourth-order valence-electron chi connectivity index (χ4n) is 1.44. The highest BCUT2D eigenvalue weighted by Gasteiger charge is 2.21. The maximum absolute atomic E-state index is 11.3. The van der Waals surface area contributed by atoms with Gasteiger partial charge in [-0.2, -0.15) is 0 Å². The van der Waals surface area contributed by atoms with Gasteiger partial charge in [-0.25, -0.2) is 0 Å². The molecule has 0 atom stereocenters. The molecule has 2 N–H and O–H groups in total. The van der Waals surface area contributed by atoms with Crippen molar-refractivity contribution in [2.75, 3.05) is 26.7 Å². The van der Waals surface area contributed by atoms with E-state index >= 15 is 0 Å². The Morgan fingerprint density at radius 1 is 1.57 bits per heavy atom. The molecule has 0 radical (unpaired) electrons. The molecular formula is C10H21N3O. The third-order valence-electron chi connectivity index (χ3n) is 2.52. The molecule has 0 aromatic heterocycles. The fourth-order valence-corrected chi connectivity index (χ4v) is 1.44. The van der Waals surface area contributed by atoms with Crippen LogP contribution < -0.4 is 10.6 Å². The molecule has 1 fully saturated rings. The van der Waals surface area contributed by atoms with Crippen LogP contribution in [0.1, 0.15) is 20.3 Å². The van der Waals surface area contributed by atoms with Gasteiger partial charge in [0.05, 0.1) is 0 Å². The van der Waals surface area contributed by atoms with Crippen molar-refractivity contribution < 1.29 is 4.79 Å². The average Bonchev–Trinajstić information content (AvgIpc) is 1.96. The van der Waals surface area contributed by atoms with Crippen molar-refractivity contribution in [2.45, 2.75) is 32.4 Å². The van der Waals surface area contributed by atoms with Gasteiger partial charge in [-0.05, 0) is 20.9 Å². The van der Waals surface area contributed by atoms with E-state index in [9.17, 15) is 4.79 Å². The van der Waals surface area contributed by atoms with Crippen molar-refractivity contribution in [1.29, 1.82) is 0 Å². The monoisotopic (exact) mass is 199 g/mol. The molecule has 14 heavy (non-hydrogen) atoms. The zero-order valence-electron chi connectivity index (χ0n) is 9.34. The van der Waals surface area contributed by atoms with Gasteiger partial charge in [-0.3, -0.25) is 4.79 Å². The van der Waals surface area contributed by atoms with Crippen LogP contribution in [0.4, 0.5) is 0 Å². The first-order chi connectivity index (χ1) is 6.59. The summed E-state index contributed by atoms with van der Waals surface area (Å²) in [5, 5.41) is 6.11. The number of carbonyl (C=O) groups is 1. The van der Waals surface area contributed by atoms with Gasteiger partial charge in [0, 0.05) is 38.1 Å². The van der Waals surface area contributed by atoms with Crippen molar-refractivity contribution in [1.82, 2.24) is 15.5 Å². The second-order valence-electron chi connectivity index (χ2n) is 4.26. The van der Waals surface area contributed by atoms with Crippen LogP contribution in [0.2, 0.25) is 0 Å². The molecule has 1 heterocycles. The van der Waals surface area contributed by atoms with E-state index in [0.29, 0.717) is 12.5 Å². The van der Waals surface area contributed by atoms with E-state index in [2.05, 4.69) is 22.6 Å². The summed E-state index contributed by atoms with van der Waals surface area (Å²) in [5.74, 6) is 0.152. The largest absolute Gasteiger partial charge is 0.354 e. The lowest BCUT2D eigenvalue weighted by Gasteiger charge is -2.35. The third kappa shape index (κ3) is 3.64. The molecule has 0 spiro atoms. The predicted molar refractivity (Wildman–Crippen MR) is 57.2 cm³/mol. The van der Waals surface area contributed by atoms with Crippen LogP contribution in [0.25, 0.3) is 0 Å². The van der Waals surface area contributed by atoms with Crippen molar-refractivity contribution in [3.8, 4) is 0 Å². The minimum Gasteiger partial charge on any atom is -0.354 e. The lowest BCUT2D eigenvalue weighted by Crippen LogP contribution is -2.56. The highest BCUT2D eigenvalue weighted by molar-refractivity contribution is 5.76. The molecule has 0 unspecified atom stereocenters. The minimum absolute atomic E-state index is 0.152. The summed E-state index contributed by atoms with van der Waals surface area (Å²) in [4.78, 5) is 13.6. The second-order valence-corrected chi connectivity index (χ2v) is 4.26. The molecule has 82 valence electrons. The molecule has 1 amide bonds. The summed E-state index contributed by atoms with van der Waals surface area (Å²) in [5.41, 5.74) is 0. The van der Waals surface area contributed by atoms with Crippen LogP contribution in [0.5, 0.6) is 0 Å². The second kappa shape index (κ2) is 5.32. The Balaban J connectivity index is 2.09. The third-order valence-corrected chi connectivity index (χ3v) is 2.52. The Kier molecular flexibility index (Phi) is 4.35. The molecular weight excluding hydrogens is 178 g/mol. The Morgan fingerprint density at radius 2 is 2.21 bits per heavy atom. The Bertz CT molecular complexity index is 190. The normalized spacial score (nSPS) is 17.2. The lowest BCUT2D eigenvalue weighted by atomic mass is 10.1. The lowest BCUT2D eigenvalue weighted by molar-refractivity contribution is -0.122. The topological polar surface area (TPSA) is 44.4 Å². The van der Waals surface area contributed by atoms with Crippen LogP contribution in [-0.2, 0) is 4.79 Å². The number of hydrogen-bond donors (Lipinski definition) is 2. The molecule has 0 saturated carbocycles. The Morgan fingerprint density at radius 3 is 2.64 bits per heavy atom. The summed E-state index contributed by atoms with van der Waals surface area (Å²) in [6, 6.07) is 0.875. The van der Waals surface area contributed by atoms with Gasteiger partial charge in [0.2, 0.25) is 5.91 Å². The molecule has 1 aliphatic heterocycles. The standard InChI is InChI=1S/C10H21N3O/c1-8(2)12-10(14)4-5-13(3)9-6-11-7-9/h8-9,11H,4-7H2,1-3H3,(H,12,14). The summed E-state index contributed by atoms with van der Waals surface area (Å²) in [6.45, 7) is 6.93. The molecule has 0 bridgehead atoms. The van der Waals surface area contributed by atoms with Gasteiger partial charge in [0.1, 0.15) is 0 Å². The highest BCUT2D eigenvalue weighted by atomic mass is 16.1. The molecule has 1 saturated heterocycles. The molecule has 0 aromatic rings. The molecule has 0 aromatic carbocycles. The van der Waals surface area contributed by atoms with Crippen LogP contribution >= 0.6 is 0 Å². The van der Waals surface area contributed by atoms with Gasteiger partial charge in [-0.1, -0.05) is 0 Å². The van der Waals surface area contributed by atoms with Gasteiger partial charge >= 0.3 is 0 Å². The van der Waals surface area contributed by atoms with Crippen LogP contribution in [0.15, 0.2) is 0 Å². The van der Waals surface area contributed by atoms with Gasteiger partial charge < -0.3 is 15.5 Å². The SMILES string of the molecule is CC(C)NC(=O)CCN(C)C1CNC1.